The third kappa shape index (κ3) is 4.70. The van der Waals surface area contributed by atoms with Crippen LogP contribution in [0.4, 0.5) is 5.69 Å². The van der Waals surface area contributed by atoms with Crippen molar-refractivity contribution in [2.45, 2.75) is 26.4 Å². The summed E-state index contributed by atoms with van der Waals surface area (Å²) < 4.78 is 5.46. The highest BCUT2D eigenvalue weighted by Crippen LogP contribution is 2.15. The summed E-state index contributed by atoms with van der Waals surface area (Å²) in [6, 6.07) is 7.76. The molecule has 0 radical (unpaired) electrons. The number of anilines is 1. The first kappa shape index (κ1) is 11.9. The molecule has 0 aliphatic heterocycles. The van der Waals surface area contributed by atoms with E-state index in [4.69, 9.17) is 9.84 Å². The fourth-order valence-electron chi connectivity index (χ4n) is 1.15. The average Bonchev–Trinajstić information content (AvgIpc) is 2.25. The summed E-state index contributed by atoms with van der Waals surface area (Å²) in [5.74, 6) is 0.888. The molecule has 0 bridgehead atoms. The molecule has 0 heterocycles. The van der Waals surface area contributed by atoms with E-state index in [0.717, 1.165) is 24.5 Å². The fourth-order valence-corrected chi connectivity index (χ4v) is 1.15. The minimum atomic E-state index is -0.332. The number of rotatable bonds is 6. The van der Waals surface area contributed by atoms with Gasteiger partial charge in [-0.2, -0.15) is 0 Å². The maximum Gasteiger partial charge on any atom is 0.119 e. The van der Waals surface area contributed by atoms with Gasteiger partial charge >= 0.3 is 0 Å². The van der Waals surface area contributed by atoms with Gasteiger partial charge in [0.25, 0.3) is 0 Å². The van der Waals surface area contributed by atoms with Gasteiger partial charge in [-0.25, -0.2) is 0 Å². The predicted molar refractivity (Wildman–Crippen MR) is 62.4 cm³/mol. The standard InChI is InChI=1S/C12H19NO2/c1-3-8-15-12-6-4-11(5-7-12)13-9-10(2)14/h4-7,10,13-14H,3,8-9H2,1-2H3/t10-/m0/s1. The van der Waals surface area contributed by atoms with Crippen molar-refractivity contribution in [3.05, 3.63) is 24.3 Å². The number of benzene rings is 1. The van der Waals surface area contributed by atoms with Gasteiger partial charge in [-0.1, -0.05) is 6.92 Å². The van der Waals surface area contributed by atoms with E-state index < -0.39 is 0 Å². The molecule has 15 heavy (non-hydrogen) atoms. The van der Waals surface area contributed by atoms with E-state index in [0.29, 0.717) is 6.54 Å². The van der Waals surface area contributed by atoms with Gasteiger partial charge in [-0.15, -0.1) is 0 Å². The largest absolute Gasteiger partial charge is 0.494 e. The summed E-state index contributed by atoms with van der Waals surface area (Å²) in [5.41, 5.74) is 1.000. The molecule has 0 aliphatic carbocycles. The monoisotopic (exact) mass is 209 g/mol. The molecule has 84 valence electrons. The zero-order valence-corrected chi connectivity index (χ0v) is 9.36. The second kappa shape index (κ2) is 6.30. The van der Waals surface area contributed by atoms with Crippen LogP contribution in [0.5, 0.6) is 5.75 Å². The Bertz CT molecular complexity index is 269. The average molecular weight is 209 g/mol. The molecular formula is C12H19NO2. The van der Waals surface area contributed by atoms with Crippen LogP contribution >= 0.6 is 0 Å². The molecular weight excluding hydrogens is 190 g/mol. The molecule has 1 aromatic carbocycles. The van der Waals surface area contributed by atoms with Gasteiger partial charge in [0.15, 0.2) is 0 Å². The van der Waals surface area contributed by atoms with E-state index in [1.165, 1.54) is 0 Å². The van der Waals surface area contributed by atoms with Crippen LogP contribution in [-0.4, -0.2) is 24.4 Å². The Morgan fingerprint density at radius 2 is 2.00 bits per heavy atom. The molecule has 0 spiro atoms. The first-order chi connectivity index (χ1) is 7.22. The van der Waals surface area contributed by atoms with Crippen LogP contribution in [0.2, 0.25) is 0 Å². The zero-order valence-electron chi connectivity index (χ0n) is 9.36. The van der Waals surface area contributed by atoms with Crippen LogP contribution in [0.1, 0.15) is 20.3 Å². The lowest BCUT2D eigenvalue weighted by Crippen LogP contribution is -2.15. The number of aliphatic hydroxyl groups is 1. The molecule has 0 aromatic heterocycles. The van der Waals surface area contributed by atoms with Crippen molar-refractivity contribution >= 4 is 5.69 Å². The van der Waals surface area contributed by atoms with Crippen LogP contribution in [0, 0.1) is 0 Å². The van der Waals surface area contributed by atoms with Gasteiger partial charge in [0.2, 0.25) is 0 Å². The van der Waals surface area contributed by atoms with Crippen molar-refractivity contribution in [2.24, 2.45) is 0 Å². The van der Waals surface area contributed by atoms with Gasteiger partial charge in [-0.3, -0.25) is 0 Å². The Balaban J connectivity index is 2.41. The number of ether oxygens (including phenoxy) is 1. The van der Waals surface area contributed by atoms with E-state index in [2.05, 4.69) is 12.2 Å². The Labute approximate surface area is 91.1 Å². The summed E-state index contributed by atoms with van der Waals surface area (Å²) in [5, 5.41) is 12.2. The quantitative estimate of drug-likeness (QED) is 0.755. The molecule has 1 aromatic rings. The first-order valence-electron chi connectivity index (χ1n) is 5.37. The van der Waals surface area contributed by atoms with Crippen molar-refractivity contribution in [1.29, 1.82) is 0 Å². The summed E-state index contributed by atoms with van der Waals surface area (Å²) in [7, 11) is 0. The van der Waals surface area contributed by atoms with Crippen molar-refractivity contribution in [2.75, 3.05) is 18.5 Å². The molecule has 0 fully saturated rings. The molecule has 0 amide bonds. The number of nitrogens with one attached hydrogen (secondary N) is 1. The number of hydrogen-bond acceptors (Lipinski definition) is 3. The fraction of sp³-hybridized carbons (Fsp3) is 0.500. The van der Waals surface area contributed by atoms with E-state index in [9.17, 15) is 0 Å². The lowest BCUT2D eigenvalue weighted by atomic mass is 10.3. The van der Waals surface area contributed by atoms with Crippen LogP contribution < -0.4 is 10.1 Å². The Morgan fingerprint density at radius 1 is 1.33 bits per heavy atom. The first-order valence-corrected chi connectivity index (χ1v) is 5.37. The minimum absolute atomic E-state index is 0.332. The van der Waals surface area contributed by atoms with Gasteiger partial charge in [0, 0.05) is 12.2 Å². The molecule has 0 aliphatic rings. The number of hydrogen-bond donors (Lipinski definition) is 2. The van der Waals surface area contributed by atoms with E-state index in [-0.39, 0.29) is 6.10 Å². The van der Waals surface area contributed by atoms with Gasteiger partial charge in [0.1, 0.15) is 5.75 Å². The topological polar surface area (TPSA) is 41.5 Å². The van der Waals surface area contributed by atoms with Gasteiger partial charge in [-0.05, 0) is 37.6 Å². The Kier molecular flexibility index (Phi) is 4.98. The van der Waals surface area contributed by atoms with Crippen LogP contribution in [0.25, 0.3) is 0 Å². The Hall–Kier alpha value is -1.22. The minimum Gasteiger partial charge on any atom is -0.494 e. The van der Waals surface area contributed by atoms with Crippen LogP contribution in [0.15, 0.2) is 24.3 Å². The normalized spacial score (nSPS) is 12.2. The third-order valence-electron chi connectivity index (χ3n) is 1.93. The highest BCUT2D eigenvalue weighted by atomic mass is 16.5. The second-order valence-corrected chi connectivity index (χ2v) is 3.60. The number of aliphatic hydroxyl groups excluding tert-OH is 1. The van der Waals surface area contributed by atoms with Crippen molar-refractivity contribution in [3.63, 3.8) is 0 Å². The molecule has 1 rings (SSSR count). The van der Waals surface area contributed by atoms with E-state index in [1.807, 2.05) is 24.3 Å². The molecule has 3 heteroatoms. The highest BCUT2D eigenvalue weighted by Gasteiger charge is 1.97. The lowest BCUT2D eigenvalue weighted by Gasteiger charge is -2.09. The van der Waals surface area contributed by atoms with E-state index in [1.54, 1.807) is 6.92 Å². The summed E-state index contributed by atoms with van der Waals surface area (Å²) in [6.07, 6.45) is 0.684. The van der Waals surface area contributed by atoms with Crippen molar-refractivity contribution < 1.29 is 9.84 Å². The van der Waals surface area contributed by atoms with Gasteiger partial charge < -0.3 is 15.2 Å². The molecule has 0 unspecified atom stereocenters. The second-order valence-electron chi connectivity index (χ2n) is 3.60. The zero-order chi connectivity index (χ0) is 11.1. The SMILES string of the molecule is CCCOc1ccc(NC[C@H](C)O)cc1. The van der Waals surface area contributed by atoms with Crippen molar-refractivity contribution in [3.8, 4) is 5.75 Å². The maximum absolute atomic E-state index is 9.10. The summed E-state index contributed by atoms with van der Waals surface area (Å²) in [6.45, 7) is 5.15. The van der Waals surface area contributed by atoms with Crippen LogP contribution in [-0.2, 0) is 0 Å². The molecule has 1 atom stereocenters. The molecule has 0 saturated heterocycles. The third-order valence-corrected chi connectivity index (χ3v) is 1.93. The lowest BCUT2D eigenvalue weighted by molar-refractivity contribution is 0.208. The van der Waals surface area contributed by atoms with Crippen LogP contribution in [0.3, 0.4) is 0 Å². The Morgan fingerprint density at radius 3 is 2.53 bits per heavy atom. The van der Waals surface area contributed by atoms with Crippen molar-refractivity contribution in [1.82, 2.24) is 0 Å². The molecule has 0 saturated carbocycles. The van der Waals surface area contributed by atoms with Gasteiger partial charge in [0.05, 0.1) is 12.7 Å². The summed E-state index contributed by atoms with van der Waals surface area (Å²) >= 11 is 0. The van der Waals surface area contributed by atoms with E-state index >= 15 is 0 Å². The highest BCUT2D eigenvalue weighted by molar-refractivity contribution is 5.46. The maximum atomic E-state index is 9.10. The predicted octanol–water partition coefficient (Wildman–Crippen LogP) is 2.27. The molecule has 2 N–H and O–H groups in total. The molecule has 3 nitrogen and oxygen atoms in total. The smallest absolute Gasteiger partial charge is 0.119 e. The summed E-state index contributed by atoms with van der Waals surface area (Å²) in [4.78, 5) is 0.